The number of nitrogens with zero attached hydrogens (tertiary/aromatic N) is 2. The Morgan fingerprint density at radius 2 is 2.12 bits per heavy atom. The van der Waals surface area contributed by atoms with Gasteiger partial charge >= 0.3 is 0 Å². The van der Waals surface area contributed by atoms with E-state index in [1.165, 1.54) is 17.3 Å². The van der Waals surface area contributed by atoms with E-state index >= 15 is 0 Å². The topological polar surface area (TPSA) is 37.8 Å². The first-order chi connectivity index (χ1) is 8.40. The molecule has 0 aliphatic heterocycles. The van der Waals surface area contributed by atoms with Crippen molar-refractivity contribution in [3.63, 3.8) is 0 Å². The van der Waals surface area contributed by atoms with Crippen molar-refractivity contribution in [3.05, 3.63) is 47.8 Å². The standard InChI is InChI=1S/C13H17N3S/c1-2-14-12(13-10-15-17-16-13)9-8-11-6-4-3-5-7-11/h3-7,10,12,14H,2,8-9H2,1H3. The van der Waals surface area contributed by atoms with Crippen LogP contribution in [0, 0.1) is 0 Å². The Labute approximate surface area is 106 Å². The third kappa shape index (κ3) is 3.61. The molecule has 2 rings (SSSR count). The zero-order valence-electron chi connectivity index (χ0n) is 9.97. The van der Waals surface area contributed by atoms with Crippen molar-refractivity contribution in [2.45, 2.75) is 25.8 Å². The van der Waals surface area contributed by atoms with E-state index in [2.05, 4.69) is 51.3 Å². The molecule has 0 spiro atoms. The van der Waals surface area contributed by atoms with Gasteiger partial charge in [0.2, 0.25) is 0 Å². The van der Waals surface area contributed by atoms with Crippen LogP contribution in [0.15, 0.2) is 36.5 Å². The Bertz CT molecular complexity index is 413. The minimum atomic E-state index is 0.318. The summed E-state index contributed by atoms with van der Waals surface area (Å²) in [6.07, 6.45) is 3.99. The van der Waals surface area contributed by atoms with Gasteiger partial charge in [0.05, 0.1) is 29.7 Å². The molecule has 0 bridgehead atoms. The number of benzene rings is 1. The van der Waals surface area contributed by atoms with E-state index in [0.29, 0.717) is 6.04 Å². The lowest BCUT2D eigenvalue weighted by molar-refractivity contribution is 0.507. The van der Waals surface area contributed by atoms with E-state index in [1.807, 2.05) is 6.20 Å². The summed E-state index contributed by atoms with van der Waals surface area (Å²) >= 11 is 1.28. The average molecular weight is 247 g/mol. The van der Waals surface area contributed by atoms with Crippen LogP contribution in [0.25, 0.3) is 0 Å². The molecule has 4 heteroatoms. The molecule has 0 fully saturated rings. The van der Waals surface area contributed by atoms with Gasteiger partial charge in [0, 0.05) is 0 Å². The second kappa shape index (κ2) is 6.47. The summed E-state index contributed by atoms with van der Waals surface area (Å²) in [6.45, 7) is 3.08. The Morgan fingerprint density at radius 3 is 2.76 bits per heavy atom. The van der Waals surface area contributed by atoms with Gasteiger partial charge in [0.15, 0.2) is 0 Å². The largest absolute Gasteiger partial charge is 0.309 e. The van der Waals surface area contributed by atoms with Crippen molar-refractivity contribution >= 4 is 11.7 Å². The first kappa shape index (κ1) is 12.2. The van der Waals surface area contributed by atoms with Crippen molar-refractivity contribution in [1.82, 2.24) is 14.1 Å². The van der Waals surface area contributed by atoms with Crippen LogP contribution in [-0.2, 0) is 6.42 Å². The number of rotatable bonds is 6. The molecule has 1 aromatic carbocycles. The van der Waals surface area contributed by atoms with Gasteiger partial charge < -0.3 is 5.32 Å². The molecule has 0 saturated carbocycles. The van der Waals surface area contributed by atoms with Crippen molar-refractivity contribution in [1.29, 1.82) is 0 Å². The quantitative estimate of drug-likeness (QED) is 0.853. The molecule has 3 nitrogen and oxygen atoms in total. The molecule has 0 aliphatic carbocycles. The highest BCUT2D eigenvalue weighted by Gasteiger charge is 2.12. The second-order valence-corrected chi connectivity index (χ2v) is 4.52. The molecular weight excluding hydrogens is 230 g/mol. The van der Waals surface area contributed by atoms with Crippen molar-refractivity contribution in [3.8, 4) is 0 Å². The number of aryl methyl sites for hydroxylation is 1. The van der Waals surface area contributed by atoms with Crippen LogP contribution in [0.5, 0.6) is 0 Å². The number of hydrogen-bond donors (Lipinski definition) is 1. The molecule has 1 aromatic heterocycles. The molecule has 1 unspecified atom stereocenters. The number of hydrogen-bond acceptors (Lipinski definition) is 4. The van der Waals surface area contributed by atoms with Gasteiger partial charge in [0.25, 0.3) is 0 Å². The minimum Gasteiger partial charge on any atom is -0.309 e. The second-order valence-electron chi connectivity index (χ2n) is 3.97. The zero-order chi connectivity index (χ0) is 11.9. The third-order valence-corrected chi connectivity index (χ3v) is 3.24. The van der Waals surface area contributed by atoms with E-state index in [4.69, 9.17) is 0 Å². The summed E-state index contributed by atoms with van der Waals surface area (Å²) < 4.78 is 8.39. The lowest BCUT2D eigenvalue weighted by atomic mass is 10.0. The van der Waals surface area contributed by atoms with Gasteiger partial charge in [0.1, 0.15) is 0 Å². The molecule has 1 N–H and O–H groups in total. The fourth-order valence-electron chi connectivity index (χ4n) is 1.88. The molecule has 0 amide bonds. The fourth-order valence-corrected chi connectivity index (χ4v) is 2.35. The lowest BCUT2D eigenvalue weighted by Gasteiger charge is -2.14. The molecule has 1 heterocycles. The van der Waals surface area contributed by atoms with Gasteiger partial charge in [-0.2, -0.15) is 8.75 Å². The third-order valence-electron chi connectivity index (χ3n) is 2.75. The Hall–Kier alpha value is -1.26. The van der Waals surface area contributed by atoms with Crippen LogP contribution in [0.2, 0.25) is 0 Å². The molecular formula is C13H17N3S. The highest BCUT2D eigenvalue weighted by Crippen LogP contribution is 2.17. The van der Waals surface area contributed by atoms with Crippen LogP contribution in [0.4, 0.5) is 0 Å². The highest BCUT2D eigenvalue weighted by atomic mass is 32.1. The number of nitrogens with one attached hydrogen (secondary N) is 1. The van der Waals surface area contributed by atoms with E-state index in [-0.39, 0.29) is 0 Å². The van der Waals surface area contributed by atoms with Crippen molar-refractivity contribution in [2.24, 2.45) is 0 Å². The van der Waals surface area contributed by atoms with E-state index in [9.17, 15) is 0 Å². The summed E-state index contributed by atoms with van der Waals surface area (Å²) in [5.74, 6) is 0. The molecule has 0 radical (unpaired) electrons. The Kier molecular flexibility index (Phi) is 4.64. The Morgan fingerprint density at radius 1 is 1.29 bits per heavy atom. The van der Waals surface area contributed by atoms with Gasteiger partial charge in [-0.3, -0.25) is 0 Å². The lowest BCUT2D eigenvalue weighted by Crippen LogP contribution is -2.21. The van der Waals surface area contributed by atoms with Crippen LogP contribution in [0.1, 0.15) is 30.6 Å². The Balaban J connectivity index is 1.95. The maximum absolute atomic E-state index is 4.32. The van der Waals surface area contributed by atoms with Gasteiger partial charge in [-0.05, 0) is 24.9 Å². The van der Waals surface area contributed by atoms with Crippen molar-refractivity contribution in [2.75, 3.05) is 6.54 Å². The molecule has 0 aliphatic rings. The van der Waals surface area contributed by atoms with Crippen LogP contribution < -0.4 is 5.32 Å². The smallest absolute Gasteiger partial charge is 0.0912 e. The minimum absolute atomic E-state index is 0.318. The average Bonchev–Trinajstić information content (AvgIpc) is 2.89. The summed E-state index contributed by atoms with van der Waals surface area (Å²) in [4.78, 5) is 0. The normalized spacial score (nSPS) is 12.5. The van der Waals surface area contributed by atoms with E-state index in [0.717, 1.165) is 25.1 Å². The van der Waals surface area contributed by atoms with Crippen LogP contribution in [-0.4, -0.2) is 15.3 Å². The van der Waals surface area contributed by atoms with E-state index < -0.39 is 0 Å². The van der Waals surface area contributed by atoms with E-state index in [1.54, 1.807) is 0 Å². The summed E-state index contributed by atoms with van der Waals surface area (Å²) in [6, 6.07) is 10.9. The predicted octanol–water partition coefficient (Wildman–Crippen LogP) is 2.82. The molecule has 17 heavy (non-hydrogen) atoms. The SMILES string of the molecule is CCNC(CCc1ccccc1)c1cnsn1. The fraction of sp³-hybridized carbons (Fsp3) is 0.385. The molecule has 90 valence electrons. The zero-order valence-corrected chi connectivity index (χ0v) is 10.8. The van der Waals surface area contributed by atoms with Gasteiger partial charge in [-0.15, -0.1) is 0 Å². The molecule has 1 atom stereocenters. The van der Waals surface area contributed by atoms with Crippen LogP contribution in [0.3, 0.4) is 0 Å². The maximum Gasteiger partial charge on any atom is 0.0912 e. The molecule has 2 aromatic rings. The summed E-state index contributed by atoms with van der Waals surface area (Å²) in [5, 5.41) is 3.46. The van der Waals surface area contributed by atoms with Gasteiger partial charge in [-0.1, -0.05) is 37.3 Å². The summed E-state index contributed by atoms with van der Waals surface area (Å²) in [7, 11) is 0. The first-order valence-electron chi connectivity index (χ1n) is 5.95. The maximum atomic E-state index is 4.32. The number of aromatic nitrogens is 2. The van der Waals surface area contributed by atoms with Crippen LogP contribution >= 0.6 is 11.7 Å². The first-order valence-corrected chi connectivity index (χ1v) is 6.68. The summed E-state index contributed by atoms with van der Waals surface area (Å²) in [5.41, 5.74) is 2.44. The van der Waals surface area contributed by atoms with Gasteiger partial charge in [-0.25, -0.2) is 0 Å². The molecule has 0 saturated heterocycles. The highest BCUT2D eigenvalue weighted by molar-refractivity contribution is 6.99. The monoisotopic (exact) mass is 247 g/mol. The van der Waals surface area contributed by atoms with Crippen molar-refractivity contribution < 1.29 is 0 Å². The predicted molar refractivity (Wildman–Crippen MR) is 71.1 cm³/mol.